The van der Waals surface area contributed by atoms with Crippen molar-refractivity contribution < 1.29 is 29.2 Å². The molecule has 3 heterocycles. The Labute approximate surface area is 360 Å². The predicted octanol–water partition coefficient (Wildman–Crippen LogP) is 12.4. The Bertz CT molecular complexity index is 2600. The summed E-state index contributed by atoms with van der Waals surface area (Å²) in [7, 11) is 7.31. The van der Waals surface area contributed by atoms with Crippen LogP contribution in [0.4, 0.5) is 0 Å². The van der Waals surface area contributed by atoms with Gasteiger partial charge in [0.05, 0.1) is 31.9 Å². The number of benzene rings is 4. The van der Waals surface area contributed by atoms with Crippen molar-refractivity contribution >= 4 is 44.8 Å². The van der Waals surface area contributed by atoms with E-state index < -0.39 is 8.07 Å². The van der Waals surface area contributed by atoms with Crippen molar-refractivity contribution in [1.29, 1.82) is 0 Å². The molecule has 0 saturated heterocycles. The average molecular weight is 961 g/mol. The maximum Gasteiger partial charge on any atom is 0.0709 e. The predicted molar refractivity (Wildman–Crippen MR) is 243 cm³/mol. The number of pyridine rings is 2. The van der Waals surface area contributed by atoms with E-state index in [2.05, 4.69) is 168 Å². The molecule has 0 unspecified atom stereocenters. The van der Waals surface area contributed by atoms with Crippen LogP contribution in [0.25, 0.3) is 53.8 Å². The van der Waals surface area contributed by atoms with Crippen LogP contribution in [0.1, 0.15) is 84.4 Å². The summed E-state index contributed by atoms with van der Waals surface area (Å²) in [6.45, 7) is 20.7. The van der Waals surface area contributed by atoms with Crippen LogP contribution in [0, 0.1) is 27.9 Å². The largest absolute Gasteiger partial charge is 0.343 e. The summed E-state index contributed by atoms with van der Waals surface area (Å²) >= 11 is 1.88. The summed E-state index contributed by atoms with van der Waals surface area (Å²) in [6.07, 6.45) is 14.2. The van der Waals surface area contributed by atoms with Gasteiger partial charge in [0, 0.05) is 38.9 Å². The summed E-state index contributed by atoms with van der Waals surface area (Å²) < 4.78 is 6.82. The van der Waals surface area contributed by atoms with Crippen LogP contribution in [0.3, 0.4) is 0 Å². The molecule has 2 aliphatic carbocycles. The molecule has 9 rings (SSSR count). The minimum Gasteiger partial charge on any atom is -0.343 e. The second kappa shape index (κ2) is 16.5. The summed E-state index contributed by atoms with van der Waals surface area (Å²) in [4.78, 5) is 0. The summed E-state index contributed by atoms with van der Waals surface area (Å²) in [6, 6.07) is 31.0. The number of nitrogens with zero attached hydrogens (tertiary/aromatic N) is 2. The molecule has 0 saturated carbocycles. The molecule has 5 heteroatoms. The minimum atomic E-state index is -1.41. The Morgan fingerprint density at radius 2 is 1.28 bits per heavy atom. The van der Waals surface area contributed by atoms with E-state index >= 15 is 0 Å². The zero-order valence-electron chi connectivity index (χ0n) is 34.4. The molecule has 7 aromatic rings. The third-order valence-corrected chi connectivity index (χ3v) is 15.3. The Kier molecular flexibility index (Phi) is 11.9. The standard InChI is InChI=1S/C29H24NS.C23H32NSi.Ir/c1-19-12-14-25-24-15-13-22(20-8-4-3-5-9-20)18-26(24)31-29(25)27(19)28-23-11-7-6-10-21(23)16-17-30(28)2;1-16(2)20-14-21(24(4)15-22(20)25(5,6)7)23-17(3)12-13-18-10-8-9-11-19(18)23;/h3-5,8-9,12-18H,1-2,6-7,10-11H2;12-16H,3-4,8-11H2,1-2,5-7H3;/q2*-1;. The third-order valence-electron chi connectivity index (χ3n) is 12.1. The Morgan fingerprint density at radius 1 is 0.649 bits per heavy atom. The van der Waals surface area contributed by atoms with Gasteiger partial charge in [-0.1, -0.05) is 116 Å². The van der Waals surface area contributed by atoms with E-state index in [1.807, 2.05) is 11.3 Å². The zero-order valence-corrected chi connectivity index (χ0v) is 38.6. The topological polar surface area (TPSA) is 7.76 Å². The molecule has 57 heavy (non-hydrogen) atoms. The monoisotopic (exact) mass is 961 g/mol. The molecule has 3 aromatic heterocycles. The van der Waals surface area contributed by atoms with Gasteiger partial charge in [-0.15, -0.1) is 29.0 Å². The summed E-state index contributed by atoms with van der Waals surface area (Å²) in [5, 5.41) is 4.16. The van der Waals surface area contributed by atoms with Gasteiger partial charge >= 0.3 is 0 Å². The third kappa shape index (κ3) is 7.85. The molecule has 0 amide bonds. The van der Waals surface area contributed by atoms with Crippen molar-refractivity contribution in [1.82, 2.24) is 0 Å². The first kappa shape index (κ1) is 40.9. The van der Waals surface area contributed by atoms with Crippen LogP contribution in [-0.2, 0) is 45.8 Å². The molecular formula is C52H56IrN2SSi-2. The Balaban J connectivity index is 0.000000175. The summed E-state index contributed by atoms with van der Waals surface area (Å²) in [5.41, 5.74) is 17.2. The molecule has 1 radical (unpaired) electrons. The molecular weight excluding hydrogens is 905 g/mol. The molecule has 0 aliphatic heterocycles. The Morgan fingerprint density at radius 3 is 1.98 bits per heavy atom. The summed E-state index contributed by atoms with van der Waals surface area (Å²) in [5.74, 6) is 0.523. The number of fused-ring (bicyclic) bond motifs is 5. The number of hydrogen-bond acceptors (Lipinski definition) is 1. The van der Waals surface area contributed by atoms with Gasteiger partial charge in [-0.2, -0.15) is 37.1 Å². The van der Waals surface area contributed by atoms with Gasteiger partial charge in [-0.25, -0.2) is 0 Å². The quantitative estimate of drug-likeness (QED) is 0.0923. The SMILES string of the molecule is [CH2-]c1ccc2c(c1-c1cc(C(C)C)c([Si](C)(C)C)c[n+]1[CH2-])CCCC2.[CH2-]c1ccc2c(sc3cc(-c4ccccc4)ccc32)c1-c1c2c(cc[n+]1[CH2-])CCCC2.[Ir]. The van der Waals surface area contributed by atoms with Crippen molar-refractivity contribution in [2.24, 2.45) is 0 Å². The second-order valence-corrected chi connectivity index (χ2v) is 23.4. The van der Waals surface area contributed by atoms with Crippen LogP contribution in [0.5, 0.6) is 0 Å². The van der Waals surface area contributed by atoms with Gasteiger partial charge in [0.1, 0.15) is 0 Å². The van der Waals surface area contributed by atoms with Crippen molar-refractivity contribution in [2.75, 3.05) is 0 Å². The van der Waals surface area contributed by atoms with Crippen LogP contribution in [0.15, 0.2) is 97.3 Å². The average Bonchev–Trinajstić information content (AvgIpc) is 3.56. The number of aryl methyl sites for hydroxylation is 2. The Hall–Kier alpha value is -4.25. The van der Waals surface area contributed by atoms with Gasteiger partial charge in [0.25, 0.3) is 0 Å². The molecule has 0 spiro atoms. The van der Waals surface area contributed by atoms with Crippen LogP contribution >= 0.6 is 11.3 Å². The molecule has 0 fully saturated rings. The smallest absolute Gasteiger partial charge is 0.0709 e. The van der Waals surface area contributed by atoms with Crippen LogP contribution in [-0.4, -0.2) is 8.07 Å². The molecule has 295 valence electrons. The zero-order chi connectivity index (χ0) is 39.3. The fraction of sp³-hybridized carbons (Fsp3) is 0.269. The van der Waals surface area contributed by atoms with Gasteiger partial charge < -0.3 is 9.13 Å². The second-order valence-electron chi connectivity index (χ2n) is 17.3. The van der Waals surface area contributed by atoms with Gasteiger partial charge in [0.2, 0.25) is 0 Å². The normalized spacial score (nSPS) is 13.8. The maximum atomic E-state index is 4.44. The van der Waals surface area contributed by atoms with Crippen LogP contribution in [0.2, 0.25) is 19.6 Å². The van der Waals surface area contributed by atoms with Crippen molar-refractivity contribution in [2.45, 2.75) is 90.8 Å². The van der Waals surface area contributed by atoms with Crippen LogP contribution < -0.4 is 14.3 Å². The van der Waals surface area contributed by atoms with E-state index in [0.29, 0.717) is 5.92 Å². The number of rotatable bonds is 5. The first-order valence-corrected chi connectivity index (χ1v) is 24.8. The van der Waals surface area contributed by atoms with E-state index in [-0.39, 0.29) is 20.1 Å². The van der Waals surface area contributed by atoms with E-state index in [4.69, 9.17) is 0 Å². The van der Waals surface area contributed by atoms with Crippen molar-refractivity contribution in [3.05, 3.63) is 164 Å². The number of aromatic nitrogens is 2. The van der Waals surface area contributed by atoms with Gasteiger partial charge in [-0.05, 0) is 101 Å². The van der Waals surface area contributed by atoms with Crippen molar-refractivity contribution in [3.63, 3.8) is 0 Å². The van der Waals surface area contributed by atoms with E-state index in [0.717, 1.165) is 17.5 Å². The molecule has 2 aliphatic rings. The van der Waals surface area contributed by atoms with E-state index in [1.54, 1.807) is 0 Å². The first-order chi connectivity index (χ1) is 26.9. The fourth-order valence-corrected chi connectivity index (χ4v) is 12.3. The maximum absolute atomic E-state index is 4.44. The van der Waals surface area contributed by atoms with E-state index in [1.165, 1.54) is 132 Å². The minimum absolute atomic E-state index is 0. The molecule has 0 atom stereocenters. The first-order valence-electron chi connectivity index (χ1n) is 20.5. The number of thiophene rings is 1. The van der Waals surface area contributed by atoms with E-state index in [9.17, 15) is 0 Å². The van der Waals surface area contributed by atoms with Gasteiger partial charge in [0.15, 0.2) is 0 Å². The number of hydrogen-bond donors (Lipinski definition) is 0. The molecule has 0 N–H and O–H groups in total. The molecule has 0 bridgehead atoms. The molecule has 2 nitrogen and oxygen atoms in total. The molecule has 4 aromatic carbocycles. The van der Waals surface area contributed by atoms with Crippen molar-refractivity contribution in [3.8, 4) is 33.6 Å². The van der Waals surface area contributed by atoms with Gasteiger partial charge in [-0.3, -0.25) is 0 Å². The fourth-order valence-electron chi connectivity index (χ4n) is 9.18.